The Bertz CT molecular complexity index is 967. The van der Waals surface area contributed by atoms with Gasteiger partial charge in [-0.25, -0.2) is 4.98 Å². The number of alkyl halides is 3. The first-order valence-corrected chi connectivity index (χ1v) is 10.8. The Morgan fingerprint density at radius 2 is 1.87 bits per heavy atom. The van der Waals surface area contributed by atoms with E-state index >= 15 is 0 Å². The Morgan fingerprint density at radius 3 is 2.43 bits per heavy atom. The molecule has 0 N–H and O–H groups in total. The highest BCUT2D eigenvalue weighted by atomic mass is 19.4. The monoisotopic (exact) mass is 418 g/mol. The highest BCUT2D eigenvalue weighted by Gasteiger charge is 2.59. The molecule has 4 fully saturated rings. The maximum absolute atomic E-state index is 13.4. The first kappa shape index (κ1) is 18.8. The van der Waals surface area contributed by atoms with E-state index in [0.717, 1.165) is 45.0 Å². The number of rotatable bonds is 4. The maximum atomic E-state index is 13.4. The molecule has 160 valence electrons. The van der Waals surface area contributed by atoms with Crippen LogP contribution in [0.5, 0.6) is 0 Å². The van der Waals surface area contributed by atoms with Gasteiger partial charge in [-0.1, -0.05) is 6.42 Å². The van der Waals surface area contributed by atoms with Gasteiger partial charge >= 0.3 is 6.18 Å². The molecule has 2 aliphatic carbocycles. The SMILES string of the molecule is Cc1ncc(-c2cn(C3[C@H]4CN(C5COC5)C[C@@H]34)c(C3CCC3)n2)cc1C(F)(F)F. The van der Waals surface area contributed by atoms with Gasteiger partial charge in [-0.05, 0) is 37.7 Å². The molecule has 4 heterocycles. The van der Waals surface area contributed by atoms with Gasteiger partial charge in [-0.3, -0.25) is 9.88 Å². The summed E-state index contributed by atoms with van der Waals surface area (Å²) >= 11 is 0. The number of halogens is 3. The zero-order valence-electron chi connectivity index (χ0n) is 16.9. The average Bonchev–Trinajstić information content (AvgIpc) is 2.94. The minimum absolute atomic E-state index is 0.00156. The van der Waals surface area contributed by atoms with Crippen LogP contribution in [0.3, 0.4) is 0 Å². The smallest absolute Gasteiger partial charge is 0.378 e. The first-order chi connectivity index (χ1) is 14.4. The van der Waals surface area contributed by atoms with Crippen molar-refractivity contribution in [3.05, 3.63) is 35.5 Å². The third-order valence-corrected chi connectivity index (χ3v) is 7.55. The number of hydrogen-bond donors (Lipinski definition) is 0. The topological polar surface area (TPSA) is 43.2 Å². The molecule has 0 spiro atoms. The fourth-order valence-corrected chi connectivity index (χ4v) is 5.39. The molecule has 30 heavy (non-hydrogen) atoms. The van der Waals surface area contributed by atoms with Crippen molar-refractivity contribution in [2.24, 2.45) is 11.8 Å². The number of imidazole rings is 1. The van der Waals surface area contributed by atoms with Crippen LogP contribution in [0, 0.1) is 18.8 Å². The second kappa shape index (κ2) is 6.53. The molecule has 1 unspecified atom stereocenters. The normalized spacial score (nSPS) is 29.5. The molecule has 0 bridgehead atoms. The van der Waals surface area contributed by atoms with Gasteiger partial charge in [0.15, 0.2) is 0 Å². The highest BCUT2D eigenvalue weighted by molar-refractivity contribution is 5.59. The van der Waals surface area contributed by atoms with Crippen LogP contribution >= 0.6 is 0 Å². The summed E-state index contributed by atoms with van der Waals surface area (Å²) in [5.41, 5.74) is 0.388. The van der Waals surface area contributed by atoms with Crippen molar-refractivity contribution >= 4 is 0 Å². The van der Waals surface area contributed by atoms with Crippen LogP contribution in [0.15, 0.2) is 18.5 Å². The summed E-state index contributed by atoms with van der Waals surface area (Å²) in [7, 11) is 0. The molecule has 6 rings (SSSR count). The minimum Gasteiger partial charge on any atom is -0.378 e. The molecule has 4 aliphatic rings. The molecule has 0 amide bonds. The van der Waals surface area contributed by atoms with E-state index in [4.69, 9.17) is 9.72 Å². The molecule has 0 aromatic carbocycles. The Labute approximate surface area is 173 Å². The van der Waals surface area contributed by atoms with E-state index in [0.29, 0.717) is 41.1 Å². The van der Waals surface area contributed by atoms with E-state index in [-0.39, 0.29) is 5.69 Å². The standard InChI is InChI=1S/C22H25F3N4O/c1-12-18(22(23,24)25)5-14(6-26-12)19-9-29(21(27-19)13-3-2-4-13)20-16-7-28(8-17(16)20)15-10-30-11-15/h5-6,9,13,15-17,20H,2-4,7-8,10-11H2,1H3/t16-,17+,20?. The van der Waals surface area contributed by atoms with E-state index in [9.17, 15) is 13.2 Å². The molecule has 0 radical (unpaired) electrons. The number of aryl methyl sites for hydroxylation is 1. The van der Waals surface area contributed by atoms with Crippen LogP contribution in [-0.4, -0.2) is 51.8 Å². The van der Waals surface area contributed by atoms with Gasteiger partial charge in [0, 0.05) is 48.7 Å². The van der Waals surface area contributed by atoms with Crippen molar-refractivity contribution in [1.29, 1.82) is 0 Å². The summed E-state index contributed by atoms with van der Waals surface area (Å²) in [6.07, 6.45) is 2.53. The number of fused-ring (bicyclic) bond motifs is 1. The number of pyridine rings is 1. The Morgan fingerprint density at radius 1 is 1.13 bits per heavy atom. The lowest BCUT2D eigenvalue weighted by Gasteiger charge is -2.36. The highest BCUT2D eigenvalue weighted by Crippen LogP contribution is 2.57. The molecule has 2 saturated carbocycles. The minimum atomic E-state index is -4.41. The second-order valence-electron chi connectivity index (χ2n) is 9.34. The number of piperidine rings is 1. The maximum Gasteiger partial charge on any atom is 0.418 e. The summed E-state index contributed by atoms with van der Waals surface area (Å²) in [6, 6.07) is 2.20. The third-order valence-electron chi connectivity index (χ3n) is 7.55. The molecular weight excluding hydrogens is 393 g/mol. The van der Waals surface area contributed by atoms with Gasteiger partial charge in [0.2, 0.25) is 0 Å². The summed E-state index contributed by atoms with van der Waals surface area (Å²) in [5.74, 6) is 2.72. The van der Waals surface area contributed by atoms with Crippen molar-refractivity contribution in [3.8, 4) is 11.3 Å². The molecule has 2 aliphatic heterocycles. The molecular formula is C22H25F3N4O. The van der Waals surface area contributed by atoms with Gasteiger partial charge in [0.1, 0.15) is 5.82 Å². The largest absolute Gasteiger partial charge is 0.418 e. The van der Waals surface area contributed by atoms with Crippen molar-refractivity contribution in [3.63, 3.8) is 0 Å². The number of likely N-dealkylation sites (tertiary alicyclic amines) is 1. The molecule has 2 aromatic rings. The van der Waals surface area contributed by atoms with Crippen LogP contribution in [0.4, 0.5) is 13.2 Å². The lowest BCUT2D eigenvalue weighted by Crippen LogP contribution is -2.49. The summed E-state index contributed by atoms with van der Waals surface area (Å²) in [5, 5.41) is 0. The van der Waals surface area contributed by atoms with Gasteiger partial charge in [-0.15, -0.1) is 0 Å². The van der Waals surface area contributed by atoms with E-state index in [1.165, 1.54) is 25.6 Å². The number of aromatic nitrogens is 3. The van der Waals surface area contributed by atoms with E-state index in [1.807, 2.05) is 6.20 Å². The van der Waals surface area contributed by atoms with Crippen LogP contribution in [0.2, 0.25) is 0 Å². The molecule has 2 saturated heterocycles. The van der Waals surface area contributed by atoms with E-state index in [2.05, 4.69) is 14.5 Å². The summed E-state index contributed by atoms with van der Waals surface area (Å²) < 4.78 is 47.7. The van der Waals surface area contributed by atoms with E-state index in [1.54, 1.807) is 0 Å². The first-order valence-electron chi connectivity index (χ1n) is 10.8. The van der Waals surface area contributed by atoms with Crippen LogP contribution in [-0.2, 0) is 10.9 Å². The Hall–Kier alpha value is -1.93. The fourth-order valence-electron chi connectivity index (χ4n) is 5.39. The van der Waals surface area contributed by atoms with Gasteiger partial charge < -0.3 is 9.30 Å². The zero-order valence-corrected chi connectivity index (χ0v) is 16.9. The van der Waals surface area contributed by atoms with Crippen molar-refractivity contribution in [2.75, 3.05) is 26.3 Å². The van der Waals surface area contributed by atoms with Gasteiger partial charge in [-0.2, -0.15) is 13.2 Å². The molecule has 3 atom stereocenters. The molecule has 5 nitrogen and oxygen atoms in total. The second-order valence-corrected chi connectivity index (χ2v) is 9.34. The number of ether oxygens (including phenoxy) is 1. The summed E-state index contributed by atoms with van der Waals surface area (Å²) in [6.45, 7) is 5.26. The van der Waals surface area contributed by atoms with Crippen molar-refractivity contribution < 1.29 is 17.9 Å². The van der Waals surface area contributed by atoms with Gasteiger partial charge in [0.25, 0.3) is 0 Å². The van der Waals surface area contributed by atoms with Crippen LogP contribution in [0.25, 0.3) is 11.3 Å². The lowest BCUT2D eigenvalue weighted by atomic mass is 9.85. The predicted octanol–water partition coefficient (Wildman–Crippen LogP) is 4.04. The Kier molecular flexibility index (Phi) is 4.10. The number of hydrogen-bond acceptors (Lipinski definition) is 4. The third kappa shape index (κ3) is 2.91. The van der Waals surface area contributed by atoms with Crippen molar-refractivity contribution in [2.45, 2.75) is 50.4 Å². The molecule has 2 aromatic heterocycles. The number of nitrogens with zero attached hydrogens (tertiary/aromatic N) is 4. The van der Waals surface area contributed by atoms with Crippen LogP contribution in [0.1, 0.15) is 48.3 Å². The van der Waals surface area contributed by atoms with E-state index < -0.39 is 11.7 Å². The zero-order chi connectivity index (χ0) is 20.6. The van der Waals surface area contributed by atoms with Crippen LogP contribution < -0.4 is 0 Å². The molecule has 8 heteroatoms. The fraction of sp³-hybridized carbons (Fsp3) is 0.636. The Balaban J connectivity index is 1.30. The predicted molar refractivity (Wildman–Crippen MR) is 104 cm³/mol. The average molecular weight is 418 g/mol. The van der Waals surface area contributed by atoms with Crippen molar-refractivity contribution in [1.82, 2.24) is 19.4 Å². The summed E-state index contributed by atoms with van der Waals surface area (Å²) in [4.78, 5) is 11.4. The quantitative estimate of drug-likeness (QED) is 0.752. The lowest BCUT2D eigenvalue weighted by molar-refractivity contribution is -0.138. The van der Waals surface area contributed by atoms with Gasteiger partial charge in [0.05, 0.1) is 30.5 Å².